The molecule has 8 heteroatoms. The van der Waals surface area contributed by atoms with Crippen LogP contribution in [0, 0.1) is 5.82 Å². The van der Waals surface area contributed by atoms with E-state index in [0.29, 0.717) is 11.1 Å². The van der Waals surface area contributed by atoms with Crippen molar-refractivity contribution in [2.24, 2.45) is 0 Å². The van der Waals surface area contributed by atoms with E-state index >= 15 is 0 Å². The van der Waals surface area contributed by atoms with E-state index in [9.17, 15) is 27.2 Å². The number of methoxy groups -OCH3 is 1. The number of carbonyl (C=O) groups is 2. The van der Waals surface area contributed by atoms with E-state index in [1.807, 2.05) is 0 Å². The molecule has 0 spiro atoms. The Hall–Kier alpha value is -2.90. The number of amides is 1. The molecule has 0 saturated heterocycles. The Morgan fingerprint density at radius 2 is 1.56 bits per heavy atom. The quantitative estimate of drug-likeness (QED) is 0.615. The molecule has 2 rings (SSSR count). The number of halogens is 4. The highest BCUT2D eigenvalue weighted by Gasteiger charge is 2.30. The lowest BCUT2D eigenvalue weighted by Gasteiger charge is -2.17. The van der Waals surface area contributed by atoms with E-state index in [-0.39, 0.29) is 12.8 Å². The SMILES string of the molecule is COC(=O)[C@H](Cc1ccc(F)cc1)NC(=O)Cc1ccc(C(F)(F)F)cc1. The van der Waals surface area contributed by atoms with Gasteiger partial charge in [-0.15, -0.1) is 0 Å². The van der Waals surface area contributed by atoms with Gasteiger partial charge >= 0.3 is 12.1 Å². The smallest absolute Gasteiger partial charge is 0.416 e. The number of nitrogens with one attached hydrogen (secondary N) is 1. The summed E-state index contributed by atoms with van der Waals surface area (Å²) >= 11 is 0. The van der Waals surface area contributed by atoms with Crippen LogP contribution in [0.1, 0.15) is 16.7 Å². The van der Waals surface area contributed by atoms with E-state index in [4.69, 9.17) is 0 Å². The van der Waals surface area contributed by atoms with E-state index in [1.54, 1.807) is 0 Å². The first-order valence-corrected chi connectivity index (χ1v) is 7.97. The lowest BCUT2D eigenvalue weighted by Crippen LogP contribution is -2.43. The monoisotopic (exact) mass is 383 g/mol. The summed E-state index contributed by atoms with van der Waals surface area (Å²) in [6.07, 6.45) is -4.56. The summed E-state index contributed by atoms with van der Waals surface area (Å²) in [6, 6.07) is 8.60. The number of ether oxygens (including phenoxy) is 1. The summed E-state index contributed by atoms with van der Waals surface area (Å²) in [4.78, 5) is 24.1. The summed E-state index contributed by atoms with van der Waals surface area (Å²) in [6.45, 7) is 0. The second kappa shape index (κ2) is 8.66. The van der Waals surface area contributed by atoms with Crippen LogP contribution in [-0.4, -0.2) is 25.0 Å². The molecule has 4 nitrogen and oxygen atoms in total. The number of esters is 1. The summed E-state index contributed by atoms with van der Waals surface area (Å²) in [5, 5.41) is 2.49. The van der Waals surface area contributed by atoms with Crippen LogP contribution in [0.15, 0.2) is 48.5 Å². The van der Waals surface area contributed by atoms with E-state index in [1.165, 1.54) is 43.5 Å². The number of hydrogen-bond acceptors (Lipinski definition) is 3. The second-order valence-corrected chi connectivity index (χ2v) is 5.85. The molecule has 1 N–H and O–H groups in total. The van der Waals surface area contributed by atoms with Crippen molar-refractivity contribution in [3.8, 4) is 0 Å². The summed E-state index contributed by atoms with van der Waals surface area (Å²) in [5.74, 6) is -1.66. The number of alkyl halides is 3. The molecule has 0 radical (unpaired) electrons. The minimum atomic E-state index is -4.45. The average Bonchev–Trinajstić information content (AvgIpc) is 2.62. The molecule has 1 atom stereocenters. The first-order valence-electron chi connectivity index (χ1n) is 7.97. The van der Waals surface area contributed by atoms with Crippen molar-refractivity contribution in [1.29, 1.82) is 0 Å². The summed E-state index contributed by atoms with van der Waals surface area (Å²) in [5.41, 5.74) is 0.169. The van der Waals surface area contributed by atoms with Crippen LogP contribution in [0.5, 0.6) is 0 Å². The largest absolute Gasteiger partial charge is 0.467 e. The molecular weight excluding hydrogens is 366 g/mol. The Kier molecular flexibility index (Phi) is 6.55. The third-order valence-electron chi connectivity index (χ3n) is 3.82. The van der Waals surface area contributed by atoms with E-state index in [0.717, 1.165) is 12.1 Å². The molecule has 0 heterocycles. The zero-order valence-electron chi connectivity index (χ0n) is 14.3. The zero-order chi connectivity index (χ0) is 20.0. The predicted molar refractivity (Wildman–Crippen MR) is 89.2 cm³/mol. The first kappa shape index (κ1) is 20.4. The van der Waals surface area contributed by atoms with E-state index < -0.39 is 35.5 Å². The molecule has 0 aliphatic carbocycles. The van der Waals surface area contributed by atoms with Crippen molar-refractivity contribution in [1.82, 2.24) is 5.32 Å². The normalized spacial score (nSPS) is 12.3. The van der Waals surface area contributed by atoms with Crippen LogP contribution < -0.4 is 5.32 Å². The van der Waals surface area contributed by atoms with Gasteiger partial charge in [-0.2, -0.15) is 13.2 Å². The molecule has 0 aromatic heterocycles. The fraction of sp³-hybridized carbons (Fsp3) is 0.263. The van der Waals surface area contributed by atoms with Gasteiger partial charge in [0.25, 0.3) is 0 Å². The number of rotatable bonds is 6. The summed E-state index contributed by atoms with van der Waals surface area (Å²) in [7, 11) is 1.17. The molecule has 144 valence electrons. The van der Waals surface area contributed by atoms with Crippen LogP contribution in [0.3, 0.4) is 0 Å². The Balaban J connectivity index is 2.02. The summed E-state index contributed by atoms with van der Waals surface area (Å²) < 4.78 is 55.3. The Morgan fingerprint density at radius 1 is 1.00 bits per heavy atom. The lowest BCUT2D eigenvalue weighted by atomic mass is 10.0. The van der Waals surface area contributed by atoms with Crippen molar-refractivity contribution >= 4 is 11.9 Å². The van der Waals surface area contributed by atoms with Crippen LogP contribution in [0.4, 0.5) is 17.6 Å². The topological polar surface area (TPSA) is 55.4 Å². The van der Waals surface area contributed by atoms with Crippen LogP contribution in [-0.2, 0) is 33.3 Å². The molecule has 2 aromatic carbocycles. The third-order valence-corrected chi connectivity index (χ3v) is 3.82. The van der Waals surface area contributed by atoms with Gasteiger partial charge in [0.1, 0.15) is 11.9 Å². The highest BCUT2D eigenvalue weighted by molar-refractivity contribution is 5.85. The van der Waals surface area contributed by atoms with Crippen LogP contribution in [0.2, 0.25) is 0 Å². The van der Waals surface area contributed by atoms with Gasteiger partial charge in [0.15, 0.2) is 0 Å². The van der Waals surface area contributed by atoms with Gasteiger partial charge in [0.05, 0.1) is 19.1 Å². The van der Waals surface area contributed by atoms with Crippen molar-refractivity contribution in [3.63, 3.8) is 0 Å². The molecule has 0 unspecified atom stereocenters. The number of hydrogen-bond donors (Lipinski definition) is 1. The minimum Gasteiger partial charge on any atom is -0.467 e. The molecule has 0 bridgehead atoms. The standard InChI is InChI=1S/C19H17F4NO3/c1-27-18(26)16(10-12-4-8-15(20)9-5-12)24-17(25)11-13-2-6-14(7-3-13)19(21,22)23/h2-9,16H,10-11H2,1H3,(H,24,25)/t16-/m0/s1. The number of benzene rings is 2. The second-order valence-electron chi connectivity index (χ2n) is 5.85. The molecule has 2 aromatic rings. The van der Waals surface area contributed by atoms with Crippen molar-refractivity contribution in [2.45, 2.75) is 25.1 Å². The lowest BCUT2D eigenvalue weighted by molar-refractivity contribution is -0.145. The third kappa shape index (κ3) is 6.09. The van der Waals surface area contributed by atoms with Crippen molar-refractivity contribution in [2.75, 3.05) is 7.11 Å². The molecule has 1 amide bonds. The van der Waals surface area contributed by atoms with E-state index in [2.05, 4.69) is 10.1 Å². The molecular formula is C19H17F4NO3. The Labute approximate surface area is 153 Å². The number of carbonyl (C=O) groups excluding carboxylic acids is 2. The van der Waals surface area contributed by atoms with Gasteiger partial charge in [-0.1, -0.05) is 24.3 Å². The maximum atomic E-state index is 13.0. The van der Waals surface area contributed by atoms with Crippen molar-refractivity contribution in [3.05, 3.63) is 71.0 Å². The average molecular weight is 383 g/mol. The van der Waals surface area contributed by atoms with Gasteiger partial charge in [-0.25, -0.2) is 9.18 Å². The maximum absolute atomic E-state index is 13.0. The van der Waals surface area contributed by atoms with Gasteiger partial charge in [0.2, 0.25) is 5.91 Å². The fourth-order valence-electron chi connectivity index (χ4n) is 2.43. The molecule has 27 heavy (non-hydrogen) atoms. The zero-order valence-corrected chi connectivity index (χ0v) is 14.3. The highest BCUT2D eigenvalue weighted by Crippen LogP contribution is 2.29. The van der Waals surface area contributed by atoms with Crippen LogP contribution >= 0.6 is 0 Å². The van der Waals surface area contributed by atoms with Gasteiger partial charge < -0.3 is 10.1 Å². The maximum Gasteiger partial charge on any atom is 0.416 e. The first-order chi connectivity index (χ1) is 12.7. The van der Waals surface area contributed by atoms with Crippen molar-refractivity contribution < 1.29 is 31.9 Å². The van der Waals surface area contributed by atoms with Gasteiger partial charge in [-0.3, -0.25) is 4.79 Å². The predicted octanol–water partition coefficient (Wildman–Crippen LogP) is 3.29. The van der Waals surface area contributed by atoms with Gasteiger partial charge in [0, 0.05) is 6.42 Å². The Morgan fingerprint density at radius 3 is 2.07 bits per heavy atom. The molecule has 0 aliphatic heterocycles. The highest BCUT2D eigenvalue weighted by atomic mass is 19.4. The minimum absolute atomic E-state index is 0.0890. The Bertz CT molecular complexity index is 786. The molecule has 0 fully saturated rings. The fourth-order valence-corrected chi connectivity index (χ4v) is 2.43. The molecule has 0 aliphatic rings. The molecule has 0 saturated carbocycles. The van der Waals surface area contributed by atoms with Crippen LogP contribution in [0.25, 0.3) is 0 Å². The van der Waals surface area contributed by atoms with Gasteiger partial charge in [-0.05, 0) is 35.4 Å².